The fraction of sp³-hybridized carbons (Fsp3) is 0.250. The van der Waals surface area contributed by atoms with Crippen molar-refractivity contribution in [1.82, 2.24) is 25.1 Å². The minimum atomic E-state index is -0.331. The molecule has 1 atom stereocenters. The molecular weight excluding hydrogens is 375 g/mol. The van der Waals surface area contributed by atoms with Gasteiger partial charge in [0, 0.05) is 24.5 Å². The number of rotatable bonds is 4. The van der Waals surface area contributed by atoms with Gasteiger partial charge in [-0.3, -0.25) is 9.89 Å². The number of amides is 1. The van der Waals surface area contributed by atoms with E-state index in [1.54, 1.807) is 23.1 Å². The van der Waals surface area contributed by atoms with Crippen molar-refractivity contribution in [3.63, 3.8) is 0 Å². The number of carbonyl (C=O) groups excluding carboxylic acids is 1. The molecule has 29 heavy (non-hydrogen) atoms. The van der Waals surface area contributed by atoms with Crippen molar-refractivity contribution in [2.24, 2.45) is 0 Å². The Morgan fingerprint density at radius 3 is 2.86 bits per heavy atom. The van der Waals surface area contributed by atoms with Gasteiger partial charge in [-0.1, -0.05) is 0 Å². The monoisotopic (exact) mass is 392 g/mol. The van der Waals surface area contributed by atoms with Gasteiger partial charge < -0.3 is 9.64 Å². The Morgan fingerprint density at radius 1 is 1.28 bits per heavy atom. The number of aromatic nitrogens is 4. The number of nitrogens with zero attached hydrogens (tertiary/aromatic N) is 5. The molecular formula is C20H17FN6O2. The summed E-state index contributed by atoms with van der Waals surface area (Å²) in [5.74, 6) is -0.351. The predicted molar refractivity (Wildman–Crippen MR) is 100 cm³/mol. The van der Waals surface area contributed by atoms with Crippen LogP contribution in [0.3, 0.4) is 0 Å². The molecule has 3 aromatic rings. The van der Waals surface area contributed by atoms with Gasteiger partial charge in [-0.15, -0.1) is 0 Å². The van der Waals surface area contributed by atoms with Crippen molar-refractivity contribution in [3.05, 3.63) is 59.9 Å². The lowest BCUT2D eigenvalue weighted by Crippen LogP contribution is -2.44. The number of benzene rings is 1. The summed E-state index contributed by atoms with van der Waals surface area (Å²) in [6.07, 6.45) is 4.12. The van der Waals surface area contributed by atoms with Crippen molar-refractivity contribution in [2.45, 2.75) is 18.9 Å². The van der Waals surface area contributed by atoms with E-state index in [1.165, 1.54) is 24.5 Å². The molecule has 0 spiro atoms. The number of hydrogen-bond donors (Lipinski definition) is 1. The number of ether oxygens (including phenoxy) is 1. The van der Waals surface area contributed by atoms with Gasteiger partial charge in [0.25, 0.3) is 11.8 Å². The van der Waals surface area contributed by atoms with E-state index in [0.717, 1.165) is 12.8 Å². The molecule has 0 saturated carbocycles. The van der Waals surface area contributed by atoms with Crippen molar-refractivity contribution in [1.29, 1.82) is 5.26 Å². The number of likely N-dealkylation sites (tertiary alicyclic amines) is 1. The van der Waals surface area contributed by atoms with Gasteiger partial charge in [-0.25, -0.2) is 14.4 Å². The third-order valence-electron chi connectivity index (χ3n) is 4.66. The Hall–Kier alpha value is -3.80. The summed E-state index contributed by atoms with van der Waals surface area (Å²) in [5, 5.41) is 16.0. The Kier molecular flexibility index (Phi) is 5.16. The van der Waals surface area contributed by atoms with E-state index < -0.39 is 0 Å². The lowest BCUT2D eigenvalue weighted by molar-refractivity contribution is 0.0521. The van der Waals surface area contributed by atoms with E-state index in [-0.39, 0.29) is 29.4 Å². The SMILES string of the molecule is N#Cc1nccnc1OC1CCCN(C(=O)c2cc(-c3ccc(F)cc3)n[nH]2)C1. The molecule has 1 amide bonds. The average molecular weight is 392 g/mol. The van der Waals surface area contributed by atoms with Crippen LogP contribution in [-0.2, 0) is 0 Å². The minimum absolute atomic E-state index is 0.119. The molecule has 0 radical (unpaired) electrons. The van der Waals surface area contributed by atoms with Crippen LogP contribution in [0.5, 0.6) is 5.88 Å². The highest BCUT2D eigenvalue weighted by molar-refractivity contribution is 5.93. The molecule has 1 saturated heterocycles. The van der Waals surface area contributed by atoms with Gasteiger partial charge >= 0.3 is 0 Å². The molecule has 146 valence electrons. The van der Waals surface area contributed by atoms with Gasteiger partial charge in [0.05, 0.1) is 12.2 Å². The van der Waals surface area contributed by atoms with Crippen LogP contribution in [-0.4, -0.2) is 50.2 Å². The molecule has 3 heterocycles. The molecule has 1 aliphatic heterocycles. The lowest BCUT2D eigenvalue weighted by atomic mass is 10.1. The first kappa shape index (κ1) is 18.6. The molecule has 1 unspecified atom stereocenters. The average Bonchev–Trinajstić information content (AvgIpc) is 3.24. The standard InChI is InChI=1S/C20H17FN6O2/c21-14-5-3-13(4-6-14)16-10-17(26-25-16)20(28)27-9-1-2-15(12-27)29-19-18(11-22)23-7-8-24-19/h3-8,10,15H,1-2,9,12H2,(H,25,26). The zero-order valence-corrected chi connectivity index (χ0v) is 15.4. The second-order valence-corrected chi connectivity index (χ2v) is 6.63. The third-order valence-corrected chi connectivity index (χ3v) is 4.66. The molecule has 1 aliphatic rings. The largest absolute Gasteiger partial charge is 0.470 e. The zero-order chi connectivity index (χ0) is 20.2. The summed E-state index contributed by atoms with van der Waals surface area (Å²) in [4.78, 5) is 22.6. The summed E-state index contributed by atoms with van der Waals surface area (Å²) in [6, 6.07) is 9.51. The summed E-state index contributed by atoms with van der Waals surface area (Å²) >= 11 is 0. The molecule has 0 bridgehead atoms. The highest BCUT2D eigenvalue weighted by Crippen LogP contribution is 2.22. The quantitative estimate of drug-likeness (QED) is 0.731. The van der Waals surface area contributed by atoms with E-state index >= 15 is 0 Å². The van der Waals surface area contributed by atoms with Gasteiger partial charge in [-0.2, -0.15) is 10.4 Å². The fourth-order valence-corrected chi connectivity index (χ4v) is 3.24. The molecule has 1 aromatic carbocycles. The Morgan fingerprint density at radius 2 is 2.07 bits per heavy atom. The van der Waals surface area contributed by atoms with Crippen molar-refractivity contribution in [2.75, 3.05) is 13.1 Å². The van der Waals surface area contributed by atoms with E-state index in [4.69, 9.17) is 10.00 Å². The zero-order valence-electron chi connectivity index (χ0n) is 15.4. The first-order valence-corrected chi connectivity index (χ1v) is 9.12. The second kappa shape index (κ2) is 8.06. The van der Waals surface area contributed by atoms with Crippen LogP contribution in [0, 0.1) is 17.1 Å². The normalized spacial score (nSPS) is 16.3. The van der Waals surface area contributed by atoms with Crippen LogP contribution in [0.15, 0.2) is 42.7 Å². The molecule has 4 rings (SSSR count). The van der Waals surface area contributed by atoms with Crippen LogP contribution in [0.2, 0.25) is 0 Å². The maximum absolute atomic E-state index is 13.1. The number of H-pyrrole nitrogens is 1. The third kappa shape index (κ3) is 4.06. The van der Waals surface area contributed by atoms with Crippen LogP contribution < -0.4 is 4.74 Å². The molecule has 1 N–H and O–H groups in total. The van der Waals surface area contributed by atoms with Crippen LogP contribution >= 0.6 is 0 Å². The summed E-state index contributed by atoms with van der Waals surface area (Å²) < 4.78 is 18.9. The number of piperidine rings is 1. The Bertz CT molecular complexity index is 1060. The molecule has 0 aliphatic carbocycles. The highest BCUT2D eigenvalue weighted by Gasteiger charge is 2.27. The smallest absolute Gasteiger partial charge is 0.272 e. The number of aromatic amines is 1. The number of hydrogen-bond acceptors (Lipinski definition) is 6. The molecule has 2 aromatic heterocycles. The fourth-order valence-electron chi connectivity index (χ4n) is 3.24. The maximum Gasteiger partial charge on any atom is 0.272 e. The lowest BCUT2D eigenvalue weighted by Gasteiger charge is -2.32. The van der Waals surface area contributed by atoms with Gasteiger partial charge in [0.1, 0.15) is 23.7 Å². The number of nitriles is 1. The highest BCUT2D eigenvalue weighted by atomic mass is 19.1. The Balaban J connectivity index is 1.45. The van der Waals surface area contributed by atoms with E-state index in [9.17, 15) is 9.18 Å². The van der Waals surface area contributed by atoms with E-state index in [1.807, 2.05) is 6.07 Å². The molecule has 1 fully saturated rings. The molecule has 8 nitrogen and oxygen atoms in total. The first-order valence-electron chi connectivity index (χ1n) is 9.12. The van der Waals surface area contributed by atoms with Crippen molar-refractivity contribution < 1.29 is 13.9 Å². The Labute approximate surface area is 166 Å². The number of nitrogens with one attached hydrogen (secondary N) is 1. The second-order valence-electron chi connectivity index (χ2n) is 6.63. The predicted octanol–water partition coefficient (Wildman–Crippen LogP) is 2.56. The van der Waals surface area contributed by atoms with E-state index in [0.29, 0.717) is 30.0 Å². The maximum atomic E-state index is 13.1. The van der Waals surface area contributed by atoms with Crippen molar-refractivity contribution >= 4 is 5.91 Å². The van der Waals surface area contributed by atoms with E-state index in [2.05, 4.69) is 20.2 Å². The van der Waals surface area contributed by atoms with Gasteiger partial charge in [0.2, 0.25) is 5.69 Å². The van der Waals surface area contributed by atoms with Gasteiger partial charge in [0.15, 0.2) is 0 Å². The topological polar surface area (TPSA) is 108 Å². The van der Waals surface area contributed by atoms with Crippen LogP contribution in [0.1, 0.15) is 29.0 Å². The minimum Gasteiger partial charge on any atom is -0.470 e. The van der Waals surface area contributed by atoms with Gasteiger partial charge in [-0.05, 0) is 43.2 Å². The summed E-state index contributed by atoms with van der Waals surface area (Å²) in [7, 11) is 0. The van der Waals surface area contributed by atoms with Crippen LogP contribution in [0.25, 0.3) is 11.3 Å². The first-order chi connectivity index (χ1) is 14.1. The molecule has 9 heteroatoms. The summed E-state index contributed by atoms with van der Waals surface area (Å²) in [5.41, 5.74) is 1.75. The van der Waals surface area contributed by atoms with Crippen molar-refractivity contribution in [3.8, 4) is 23.2 Å². The number of halogens is 1. The van der Waals surface area contributed by atoms with Crippen LogP contribution in [0.4, 0.5) is 4.39 Å². The summed E-state index contributed by atoms with van der Waals surface area (Å²) in [6.45, 7) is 0.959. The number of carbonyl (C=O) groups is 1.